The minimum atomic E-state index is 0. The van der Waals surface area contributed by atoms with E-state index in [2.05, 4.69) is 42.4 Å². The van der Waals surface area contributed by atoms with Crippen molar-refractivity contribution in [3.63, 3.8) is 0 Å². The SMILES string of the molecule is ISI.[SbH3]. The Kier molecular flexibility index (Phi) is 22.4. The summed E-state index contributed by atoms with van der Waals surface area (Å²) in [6.07, 6.45) is 1.69. The van der Waals surface area contributed by atoms with Gasteiger partial charge in [-0.15, -0.1) is 0 Å². The van der Waals surface area contributed by atoms with Gasteiger partial charge in [-0.25, -0.2) is 0 Å². The van der Waals surface area contributed by atoms with E-state index in [-0.39, 0.29) is 24.4 Å². The van der Waals surface area contributed by atoms with Crippen LogP contribution in [0.25, 0.3) is 0 Å². The molecule has 0 bridgehead atoms. The summed E-state index contributed by atoms with van der Waals surface area (Å²) in [5.41, 5.74) is 0. The monoisotopic (exact) mass is 410 g/mol. The molecule has 0 amide bonds. The summed E-state index contributed by atoms with van der Waals surface area (Å²) in [4.78, 5) is 0. The molecule has 28 valence electrons. The van der Waals surface area contributed by atoms with Gasteiger partial charge in [0.25, 0.3) is 0 Å². The first kappa shape index (κ1) is 9.80. The van der Waals surface area contributed by atoms with E-state index in [0.29, 0.717) is 0 Å². The molecule has 0 aromatic carbocycles. The Hall–Kier alpha value is 2.63. The molecule has 4 heavy (non-hydrogen) atoms. The summed E-state index contributed by atoms with van der Waals surface area (Å²) in [5, 5.41) is 0. The molecule has 0 aliphatic heterocycles. The van der Waals surface area contributed by atoms with E-state index in [1.807, 2.05) is 0 Å². The quantitative estimate of drug-likeness (QED) is 0.428. The van der Waals surface area contributed by atoms with Gasteiger partial charge in [0.1, 0.15) is 0 Å². The van der Waals surface area contributed by atoms with Crippen LogP contribution in [0.15, 0.2) is 0 Å². The first-order valence-corrected chi connectivity index (χ1v) is 6.21. The van der Waals surface area contributed by atoms with Crippen LogP contribution in [0.3, 0.4) is 0 Å². The molecule has 0 heterocycles. The van der Waals surface area contributed by atoms with Crippen LogP contribution >= 0.6 is 48.5 Å². The van der Waals surface area contributed by atoms with Gasteiger partial charge in [0.2, 0.25) is 0 Å². The third-order valence-electron chi connectivity index (χ3n) is 0. The molecule has 0 radical (unpaired) electrons. The second kappa shape index (κ2) is 9.16. The van der Waals surface area contributed by atoms with Gasteiger partial charge < -0.3 is 0 Å². The molecule has 4 heteroatoms. The third-order valence-corrected chi connectivity index (χ3v) is 0. The number of hydrogen-bond donors (Lipinski definition) is 0. The predicted molar refractivity (Wildman–Crippen MR) is 45.6 cm³/mol. The summed E-state index contributed by atoms with van der Waals surface area (Å²) in [6, 6.07) is 0. The topological polar surface area (TPSA) is 0 Å². The zero-order chi connectivity index (χ0) is 2.71. The normalized spacial score (nSPS) is 4.50. The van der Waals surface area contributed by atoms with Crippen molar-refractivity contribution in [2.24, 2.45) is 0 Å². The Morgan fingerprint density at radius 2 is 1.25 bits per heavy atom. The molecular formula is H3I2SSb. The molecule has 0 nitrogen and oxygen atoms in total. The molecule has 0 aliphatic carbocycles. The number of hydrogen-bond acceptors (Lipinski definition) is 1. The van der Waals surface area contributed by atoms with Crippen LogP contribution in [0.4, 0.5) is 0 Å². The first-order valence-electron chi connectivity index (χ1n) is 0.309. The van der Waals surface area contributed by atoms with E-state index in [9.17, 15) is 0 Å². The van der Waals surface area contributed by atoms with E-state index in [0.717, 1.165) is 0 Å². The van der Waals surface area contributed by atoms with Gasteiger partial charge in [-0.1, -0.05) is 0 Å². The van der Waals surface area contributed by atoms with Crippen molar-refractivity contribution in [2.45, 2.75) is 0 Å². The fourth-order valence-electron chi connectivity index (χ4n) is 0. The van der Waals surface area contributed by atoms with Gasteiger partial charge in [-0.2, -0.15) is 0 Å². The van der Waals surface area contributed by atoms with Crippen molar-refractivity contribution in [2.75, 3.05) is 0 Å². The maximum atomic E-state index is 2.19. The molecule has 0 saturated heterocycles. The van der Waals surface area contributed by atoms with Gasteiger partial charge >= 0.3 is 24.4 Å². The zero-order valence-electron chi connectivity index (χ0n) is 1.87. The number of halogens is 2. The molecule has 0 rings (SSSR count). The van der Waals surface area contributed by atoms with Crippen LogP contribution < -0.4 is 0 Å². The van der Waals surface area contributed by atoms with Crippen LogP contribution in [0, 0.1) is 0 Å². The van der Waals surface area contributed by atoms with Crippen molar-refractivity contribution in [3.05, 3.63) is 0 Å². The fourth-order valence-corrected chi connectivity index (χ4v) is 0. The molecule has 0 aromatic heterocycles. The molecule has 0 N–H and O–H groups in total. The van der Waals surface area contributed by atoms with Crippen LogP contribution in [-0.2, 0) is 0 Å². The Bertz CT molecular complexity index is 6.00. The summed E-state index contributed by atoms with van der Waals surface area (Å²) in [6.45, 7) is 0. The average Bonchev–Trinajstić information content (AvgIpc) is 0.918. The molecule has 0 fully saturated rings. The summed E-state index contributed by atoms with van der Waals surface area (Å²) in [7, 11) is 0. The van der Waals surface area contributed by atoms with E-state index in [4.69, 9.17) is 0 Å². The van der Waals surface area contributed by atoms with Crippen LogP contribution in [0.2, 0.25) is 0 Å². The van der Waals surface area contributed by atoms with Gasteiger partial charge in [-0.3, -0.25) is 0 Å². The third kappa shape index (κ3) is 8.82. The van der Waals surface area contributed by atoms with Gasteiger partial charge in [-0.05, 0) is 6.10 Å². The Labute approximate surface area is 71.5 Å². The summed E-state index contributed by atoms with van der Waals surface area (Å²) in [5.74, 6) is 0. The average molecular weight is 411 g/mol. The summed E-state index contributed by atoms with van der Waals surface area (Å²) >= 11 is 4.38. The predicted octanol–water partition coefficient (Wildman–Crippen LogP) is 1.24. The maximum absolute atomic E-state index is 2.19. The molecule has 0 aliphatic rings. The molecule has 0 aromatic rings. The fraction of sp³-hybridized carbons (Fsp3) is 0. The van der Waals surface area contributed by atoms with Crippen molar-refractivity contribution in [1.82, 2.24) is 0 Å². The Morgan fingerprint density at radius 3 is 1.25 bits per heavy atom. The van der Waals surface area contributed by atoms with Crippen LogP contribution in [0.5, 0.6) is 0 Å². The molecule has 0 unspecified atom stereocenters. The van der Waals surface area contributed by atoms with E-state index >= 15 is 0 Å². The van der Waals surface area contributed by atoms with E-state index < -0.39 is 0 Å². The second-order valence-corrected chi connectivity index (χ2v) is 7.87. The van der Waals surface area contributed by atoms with Crippen LogP contribution in [-0.4, -0.2) is 24.4 Å². The standard InChI is InChI=1S/I2S.Sb.3H/c1-3-2;;;;. The van der Waals surface area contributed by atoms with Crippen molar-refractivity contribution >= 4 is 72.9 Å². The Balaban J connectivity index is 0. The van der Waals surface area contributed by atoms with Crippen molar-refractivity contribution in [1.29, 1.82) is 0 Å². The molecular weight excluding hydrogens is 408 g/mol. The molecule has 0 saturated carbocycles. The number of rotatable bonds is 0. The second-order valence-electron chi connectivity index (χ2n) is 0.0583. The van der Waals surface area contributed by atoms with Crippen LogP contribution in [0.1, 0.15) is 0 Å². The Morgan fingerprint density at radius 1 is 1.25 bits per heavy atom. The van der Waals surface area contributed by atoms with Gasteiger partial charge in [0.05, 0.1) is 0 Å². The summed E-state index contributed by atoms with van der Waals surface area (Å²) < 4.78 is 0. The molecule has 0 atom stereocenters. The first-order chi connectivity index (χ1) is 1.41. The van der Waals surface area contributed by atoms with Crippen molar-refractivity contribution < 1.29 is 0 Å². The van der Waals surface area contributed by atoms with Crippen molar-refractivity contribution in [3.8, 4) is 0 Å². The van der Waals surface area contributed by atoms with E-state index in [1.165, 1.54) is 0 Å². The minimum absolute atomic E-state index is 0. The van der Waals surface area contributed by atoms with Gasteiger partial charge in [0.15, 0.2) is 0 Å². The molecule has 0 spiro atoms. The zero-order valence-corrected chi connectivity index (χ0v) is 11.0. The van der Waals surface area contributed by atoms with E-state index in [1.54, 1.807) is 6.10 Å². The van der Waals surface area contributed by atoms with Gasteiger partial charge in [0, 0.05) is 42.4 Å².